The van der Waals surface area contributed by atoms with Gasteiger partial charge in [-0.1, -0.05) is 13.3 Å². The van der Waals surface area contributed by atoms with Crippen molar-refractivity contribution in [2.45, 2.75) is 31.7 Å². The van der Waals surface area contributed by atoms with E-state index in [-0.39, 0.29) is 18.0 Å². The molecule has 1 aliphatic rings. The molecule has 0 aliphatic carbocycles. The van der Waals surface area contributed by atoms with Crippen LogP contribution >= 0.6 is 0 Å². The molecule has 6 nitrogen and oxygen atoms in total. The number of piperidine rings is 1. The lowest BCUT2D eigenvalue weighted by Gasteiger charge is -2.32. The van der Waals surface area contributed by atoms with Gasteiger partial charge < -0.3 is 21.5 Å². The summed E-state index contributed by atoms with van der Waals surface area (Å²) in [5, 5.41) is 14.5. The van der Waals surface area contributed by atoms with Gasteiger partial charge >= 0.3 is 5.97 Å². The highest BCUT2D eigenvalue weighted by molar-refractivity contribution is 5.94. The summed E-state index contributed by atoms with van der Waals surface area (Å²) in [7, 11) is 0. The Morgan fingerprint density at radius 2 is 2.21 bits per heavy atom. The van der Waals surface area contributed by atoms with E-state index in [1.807, 2.05) is 0 Å². The first kappa shape index (κ1) is 18.4. The van der Waals surface area contributed by atoms with Gasteiger partial charge in [0.2, 0.25) is 0 Å². The first-order chi connectivity index (χ1) is 11.4. The highest BCUT2D eigenvalue weighted by atomic mass is 19.1. The molecule has 1 aromatic carbocycles. The third-order valence-corrected chi connectivity index (χ3v) is 4.56. The van der Waals surface area contributed by atoms with E-state index in [4.69, 9.17) is 10.8 Å². The summed E-state index contributed by atoms with van der Waals surface area (Å²) in [4.78, 5) is 22.9. The number of carbonyl (C=O) groups is 2. The molecule has 1 aromatic rings. The summed E-state index contributed by atoms with van der Waals surface area (Å²) in [6.07, 6.45) is 2.02. The van der Waals surface area contributed by atoms with Gasteiger partial charge in [0, 0.05) is 18.7 Å². The number of nitrogens with one attached hydrogen (secondary N) is 2. The molecule has 3 atom stereocenters. The zero-order chi connectivity index (χ0) is 17.7. The Morgan fingerprint density at radius 3 is 2.88 bits per heavy atom. The standard InChI is InChI=1S/C17H24FN3O3/c1-2-10-3-4-20-8-14(10)11-5-12(7-13(18)6-11)16(22)21-9-15(19)17(23)24/h5-7,10,14-15,20H,2-4,8-9,19H2,1H3,(H,21,22)(H,23,24)/t10?,14?,15-/m1/s1. The van der Waals surface area contributed by atoms with Crippen LogP contribution in [0.15, 0.2) is 18.2 Å². The van der Waals surface area contributed by atoms with E-state index in [1.54, 1.807) is 6.07 Å². The van der Waals surface area contributed by atoms with E-state index in [0.717, 1.165) is 37.6 Å². The van der Waals surface area contributed by atoms with Crippen LogP contribution in [-0.2, 0) is 4.79 Å². The first-order valence-electron chi connectivity index (χ1n) is 8.20. The molecule has 1 aliphatic heterocycles. The van der Waals surface area contributed by atoms with Gasteiger partial charge in [0.15, 0.2) is 0 Å². The van der Waals surface area contributed by atoms with Gasteiger partial charge in [0.25, 0.3) is 5.91 Å². The normalized spacial score (nSPS) is 22.0. The fourth-order valence-electron chi connectivity index (χ4n) is 3.14. The lowest BCUT2D eigenvalue weighted by Crippen LogP contribution is -2.42. The molecule has 1 heterocycles. The topological polar surface area (TPSA) is 104 Å². The molecule has 1 saturated heterocycles. The van der Waals surface area contributed by atoms with E-state index in [0.29, 0.717) is 5.92 Å². The number of benzene rings is 1. The minimum absolute atomic E-state index is 0.160. The summed E-state index contributed by atoms with van der Waals surface area (Å²) < 4.78 is 14.0. The van der Waals surface area contributed by atoms with Crippen LogP contribution in [0.4, 0.5) is 4.39 Å². The number of hydrogen-bond acceptors (Lipinski definition) is 4. The van der Waals surface area contributed by atoms with Gasteiger partial charge in [-0.15, -0.1) is 0 Å². The monoisotopic (exact) mass is 337 g/mol. The van der Waals surface area contributed by atoms with Gasteiger partial charge in [-0.2, -0.15) is 0 Å². The van der Waals surface area contributed by atoms with Crippen molar-refractivity contribution in [3.63, 3.8) is 0 Å². The summed E-state index contributed by atoms with van der Waals surface area (Å²) in [6, 6.07) is 3.13. The molecular weight excluding hydrogens is 313 g/mol. The molecule has 5 N–H and O–H groups in total. The zero-order valence-electron chi connectivity index (χ0n) is 13.7. The van der Waals surface area contributed by atoms with Crippen molar-refractivity contribution in [3.8, 4) is 0 Å². The second kappa shape index (κ2) is 8.21. The molecule has 0 radical (unpaired) electrons. The molecule has 0 aromatic heterocycles. The minimum Gasteiger partial charge on any atom is -0.480 e. The van der Waals surface area contributed by atoms with E-state index in [9.17, 15) is 14.0 Å². The second-order valence-electron chi connectivity index (χ2n) is 6.20. The van der Waals surface area contributed by atoms with Crippen LogP contribution in [0, 0.1) is 11.7 Å². The number of nitrogens with two attached hydrogens (primary N) is 1. The maximum absolute atomic E-state index is 14.0. The Labute approximate surface area is 140 Å². The fraction of sp³-hybridized carbons (Fsp3) is 0.529. The van der Waals surface area contributed by atoms with Crippen molar-refractivity contribution in [2.24, 2.45) is 11.7 Å². The summed E-state index contributed by atoms with van der Waals surface area (Å²) in [6.45, 7) is 3.61. The second-order valence-corrected chi connectivity index (χ2v) is 6.20. The highest BCUT2D eigenvalue weighted by Crippen LogP contribution is 2.32. The Bertz CT molecular complexity index is 609. The van der Waals surface area contributed by atoms with Crippen LogP contribution in [-0.4, -0.2) is 42.7 Å². The van der Waals surface area contributed by atoms with Gasteiger partial charge in [-0.25, -0.2) is 4.39 Å². The van der Waals surface area contributed by atoms with Crippen LogP contribution < -0.4 is 16.4 Å². The third kappa shape index (κ3) is 4.52. The molecule has 7 heteroatoms. The van der Waals surface area contributed by atoms with Gasteiger partial charge in [-0.05, 0) is 48.6 Å². The van der Waals surface area contributed by atoms with E-state index < -0.39 is 23.7 Å². The average Bonchev–Trinajstić information content (AvgIpc) is 2.58. The van der Waals surface area contributed by atoms with Crippen LogP contribution in [0.5, 0.6) is 0 Å². The van der Waals surface area contributed by atoms with Crippen LogP contribution in [0.3, 0.4) is 0 Å². The molecule has 0 spiro atoms. The van der Waals surface area contributed by atoms with Crippen molar-refractivity contribution < 1.29 is 19.1 Å². The number of amides is 1. The lowest BCUT2D eigenvalue weighted by molar-refractivity contribution is -0.138. The SMILES string of the molecule is CCC1CCNCC1c1cc(F)cc(C(=O)NC[C@@H](N)C(=O)O)c1. The fourth-order valence-corrected chi connectivity index (χ4v) is 3.14. The molecule has 2 rings (SSSR count). The maximum Gasteiger partial charge on any atom is 0.322 e. The third-order valence-electron chi connectivity index (χ3n) is 4.56. The van der Waals surface area contributed by atoms with Crippen LogP contribution in [0.2, 0.25) is 0 Å². The Hall–Kier alpha value is -1.99. The quantitative estimate of drug-likeness (QED) is 0.622. The average molecular weight is 337 g/mol. The zero-order valence-corrected chi connectivity index (χ0v) is 13.7. The molecule has 1 fully saturated rings. The van der Waals surface area contributed by atoms with Crippen LogP contribution in [0.25, 0.3) is 0 Å². The van der Waals surface area contributed by atoms with Gasteiger partial charge in [0.05, 0.1) is 0 Å². The van der Waals surface area contributed by atoms with Crippen molar-refractivity contribution in [1.29, 1.82) is 0 Å². The Kier molecular flexibility index (Phi) is 6.28. The molecular formula is C17H24FN3O3. The van der Waals surface area contributed by atoms with Crippen molar-refractivity contribution >= 4 is 11.9 Å². The number of rotatable bonds is 6. The van der Waals surface area contributed by atoms with Crippen molar-refractivity contribution in [1.82, 2.24) is 10.6 Å². The lowest BCUT2D eigenvalue weighted by atomic mass is 9.79. The predicted molar refractivity (Wildman–Crippen MR) is 88.4 cm³/mol. The van der Waals surface area contributed by atoms with Crippen molar-refractivity contribution in [2.75, 3.05) is 19.6 Å². The summed E-state index contributed by atoms with van der Waals surface area (Å²) >= 11 is 0. The van der Waals surface area contributed by atoms with Gasteiger partial charge in [-0.3, -0.25) is 9.59 Å². The van der Waals surface area contributed by atoms with Gasteiger partial charge in [0.1, 0.15) is 11.9 Å². The Balaban J connectivity index is 2.15. The highest BCUT2D eigenvalue weighted by Gasteiger charge is 2.26. The van der Waals surface area contributed by atoms with E-state index in [2.05, 4.69) is 17.6 Å². The number of hydrogen-bond donors (Lipinski definition) is 4. The predicted octanol–water partition coefficient (Wildman–Crippen LogP) is 1.07. The van der Waals surface area contributed by atoms with Crippen molar-refractivity contribution in [3.05, 3.63) is 35.1 Å². The van der Waals surface area contributed by atoms with Crippen LogP contribution in [0.1, 0.15) is 41.6 Å². The number of carbonyl (C=O) groups excluding carboxylic acids is 1. The Morgan fingerprint density at radius 1 is 1.46 bits per heavy atom. The number of carboxylic acids is 1. The first-order valence-corrected chi connectivity index (χ1v) is 8.20. The molecule has 24 heavy (non-hydrogen) atoms. The molecule has 0 bridgehead atoms. The van der Waals surface area contributed by atoms with E-state index in [1.165, 1.54) is 6.07 Å². The van der Waals surface area contributed by atoms with E-state index >= 15 is 0 Å². The molecule has 132 valence electrons. The summed E-state index contributed by atoms with van der Waals surface area (Å²) in [5.41, 5.74) is 6.34. The largest absolute Gasteiger partial charge is 0.480 e. The number of carboxylic acid groups (broad SMARTS) is 1. The number of halogens is 1. The molecule has 0 saturated carbocycles. The maximum atomic E-state index is 14.0. The smallest absolute Gasteiger partial charge is 0.322 e. The summed E-state index contributed by atoms with van der Waals surface area (Å²) in [5.74, 6) is -1.59. The minimum atomic E-state index is -1.20. The molecule has 1 amide bonds. The number of aliphatic carboxylic acids is 1. The molecule has 2 unspecified atom stereocenters.